The molecule has 2 N–H and O–H groups in total. The minimum Gasteiger partial charge on any atom is -0.494 e. The van der Waals surface area contributed by atoms with Gasteiger partial charge in [0.05, 0.1) is 25.8 Å². The Balaban J connectivity index is 2.64. The molecule has 7 heteroatoms. The Morgan fingerprint density at radius 1 is 1.18 bits per heavy atom. The molecule has 0 fully saturated rings. The van der Waals surface area contributed by atoms with Crippen LogP contribution in [0.15, 0.2) is 18.2 Å². The van der Waals surface area contributed by atoms with Gasteiger partial charge in [-0.05, 0) is 32.9 Å². The highest BCUT2D eigenvalue weighted by Gasteiger charge is 2.16. The Morgan fingerprint density at radius 2 is 1.73 bits per heavy atom. The Bertz CT molecular complexity index is 519. The standard InChI is InChI=1S/C15H22N2O4S/c1-15(2,3)21-14(18)16-9-12(22)17-13-10(19-4)7-6-8-11(13)20-5/h6-8H,9H2,1-5H3,(H,16,18)(H,17,22). The van der Waals surface area contributed by atoms with E-state index < -0.39 is 11.7 Å². The number of alkyl carbamates (subject to hydrolysis) is 1. The highest BCUT2D eigenvalue weighted by molar-refractivity contribution is 7.80. The maximum absolute atomic E-state index is 11.6. The van der Waals surface area contributed by atoms with Crippen molar-refractivity contribution in [1.29, 1.82) is 0 Å². The molecule has 122 valence electrons. The molecule has 22 heavy (non-hydrogen) atoms. The SMILES string of the molecule is COc1cccc(OC)c1NC(=S)CNC(=O)OC(C)(C)C. The van der Waals surface area contributed by atoms with Crippen molar-refractivity contribution < 1.29 is 19.0 Å². The fourth-order valence-corrected chi connectivity index (χ4v) is 1.80. The molecule has 0 heterocycles. The first kappa shape index (κ1) is 18.0. The predicted octanol–water partition coefficient (Wildman–Crippen LogP) is 2.97. The summed E-state index contributed by atoms with van der Waals surface area (Å²) < 4.78 is 15.7. The molecule has 6 nitrogen and oxygen atoms in total. The smallest absolute Gasteiger partial charge is 0.408 e. The Kier molecular flexibility index (Phi) is 6.42. The molecular formula is C15H22N2O4S. The fourth-order valence-electron chi connectivity index (χ4n) is 1.62. The highest BCUT2D eigenvalue weighted by atomic mass is 32.1. The average Bonchev–Trinajstić information content (AvgIpc) is 2.43. The number of carbonyl (C=O) groups excluding carboxylic acids is 1. The third-order valence-corrected chi connectivity index (χ3v) is 2.73. The quantitative estimate of drug-likeness (QED) is 0.811. The summed E-state index contributed by atoms with van der Waals surface area (Å²) in [5.74, 6) is 1.19. The normalized spacial score (nSPS) is 10.6. The number of para-hydroxylation sites is 1. The van der Waals surface area contributed by atoms with Gasteiger partial charge in [0.1, 0.15) is 22.8 Å². The van der Waals surface area contributed by atoms with Crippen molar-refractivity contribution in [3.05, 3.63) is 18.2 Å². The lowest BCUT2D eigenvalue weighted by atomic mass is 10.2. The van der Waals surface area contributed by atoms with Gasteiger partial charge in [-0.25, -0.2) is 4.79 Å². The van der Waals surface area contributed by atoms with E-state index in [1.54, 1.807) is 47.1 Å². The molecule has 0 radical (unpaired) electrons. The molecule has 0 bridgehead atoms. The lowest BCUT2D eigenvalue weighted by Crippen LogP contribution is -2.36. The zero-order chi connectivity index (χ0) is 16.8. The van der Waals surface area contributed by atoms with Crippen LogP contribution in [0.1, 0.15) is 20.8 Å². The first-order valence-electron chi connectivity index (χ1n) is 6.74. The molecule has 0 saturated heterocycles. The van der Waals surface area contributed by atoms with Crippen molar-refractivity contribution >= 4 is 29.0 Å². The van der Waals surface area contributed by atoms with Crippen molar-refractivity contribution in [1.82, 2.24) is 5.32 Å². The lowest BCUT2D eigenvalue weighted by molar-refractivity contribution is 0.0536. The summed E-state index contributed by atoms with van der Waals surface area (Å²) in [4.78, 5) is 12.0. The zero-order valence-corrected chi connectivity index (χ0v) is 14.3. The summed E-state index contributed by atoms with van der Waals surface area (Å²) in [6, 6.07) is 5.38. The Labute approximate surface area is 136 Å². The molecule has 0 aliphatic rings. The molecule has 0 aliphatic carbocycles. The van der Waals surface area contributed by atoms with Crippen LogP contribution >= 0.6 is 12.2 Å². The molecule has 0 spiro atoms. The van der Waals surface area contributed by atoms with Crippen LogP contribution in [-0.4, -0.2) is 37.4 Å². The summed E-state index contributed by atoms with van der Waals surface area (Å²) in [5, 5.41) is 5.60. The molecule has 1 rings (SSSR count). The fraction of sp³-hybridized carbons (Fsp3) is 0.467. The zero-order valence-electron chi connectivity index (χ0n) is 13.5. The van der Waals surface area contributed by atoms with Gasteiger partial charge in [0, 0.05) is 0 Å². The third-order valence-electron chi connectivity index (χ3n) is 2.48. The second-order valence-corrected chi connectivity index (χ2v) is 5.93. The van der Waals surface area contributed by atoms with E-state index in [0.717, 1.165) is 0 Å². The maximum Gasteiger partial charge on any atom is 0.408 e. The van der Waals surface area contributed by atoms with Crippen molar-refractivity contribution in [2.75, 3.05) is 26.1 Å². The van der Waals surface area contributed by atoms with Crippen LogP contribution in [0, 0.1) is 0 Å². The summed E-state index contributed by atoms with van der Waals surface area (Å²) >= 11 is 5.22. The van der Waals surface area contributed by atoms with Gasteiger partial charge in [0.15, 0.2) is 0 Å². The number of ether oxygens (including phenoxy) is 3. The van der Waals surface area contributed by atoms with Gasteiger partial charge < -0.3 is 24.8 Å². The Hall–Kier alpha value is -2.02. The predicted molar refractivity (Wildman–Crippen MR) is 90.0 cm³/mol. The van der Waals surface area contributed by atoms with E-state index in [1.165, 1.54) is 0 Å². The number of methoxy groups -OCH3 is 2. The van der Waals surface area contributed by atoms with E-state index >= 15 is 0 Å². The van der Waals surface area contributed by atoms with Crippen LogP contribution in [0.2, 0.25) is 0 Å². The van der Waals surface area contributed by atoms with Crippen LogP contribution in [-0.2, 0) is 4.74 Å². The molecule has 0 aromatic heterocycles. The first-order valence-corrected chi connectivity index (χ1v) is 7.15. The van der Waals surface area contributed by atoms with Gasteiger partial charge in [-0.15, -0.1) is 0 Å². The van der Waals surface area contributed by atoms with Gasteiger partial charge >= 0.3 is 6.09 Å². The van der Waals surface area contributed by atoms with Gasteiger partial charge in [0.25, 0.3) is 0 Å². The Morgan fingerprint density at radius 3 is 2.18 bits per heavy atom. The molecule has 0 unspecified atom stereocenters. The molecule has 0 aliphatic heterocycles. The summed E-state index contributed by atoms with van der Waals surface area (Å²) in [5.41, 5.74) is 0.0637. The molecule has 1 aromatic carbocycles. The van der Waals surface area contributed by atoms with E-state index in [-0.39, 0.29) is 6.54 Å². The van der Waals surface area contributed by atoms with E-state index in [9.17, 15) is 4.79 Å². The third kappa shape index (κ3) is 5.77. The second-order valence-electron chi connectivity index (χ2n) is 5.44. The van der Waals surface area contributed by atoms with Crippen LogP contribution in [0.5, 0.6) is 11.5 Å². The van der Waals surface area contributed by atoms with Crippen LogP contribution in [0.25, 0.3) is 0 Å². The summed E-state index contributed by atoms with van der Waals surface area (Å²) in [7, 11) is 3.11. The van der Waals surface area contributed by atoms with Gasteiger partial charge in [-0.1, -0.05) is 18.3 Å². The lowest BCUT2D eigenvalue weighted by Gasteiger charge is -2.20. The number of benzene rings is 1. The number of anilines is 1. The number of amides is 1. The number of hydrogen-bond acceptors (Lipinski definition) is 5. The molecule has 0 atom stereocenters. The second kappa shape index (κ2) is 7.84. The van der Waals surface area contributed by atoms with Gasteiger partial charge in [-0.2, -0.15) is 0 Å². The van der Waals surface area contributed by atoms with Crippen molar-refractivity contribution in [2.45, 2.75) is 26.4 Å². The van der Waals surface area contributed by atoms with Crippen molar-refractivity contribution in [3.63, 3.8) is 0 Å². The first-order chi connectivity index (χ1) is 10.3. The van der Waals surface area contributed by atoms with Gasteiger partial charge in [-0.3, -0.25) is 0 Å². The molecule has 0 saturated carbocycles. The summed E-state index contributed by atoms with van der Waals surface area (Å²) in [6.07, 6.45) is -0.524. The number of rotatable bonds is 5. The van der Waals surface area contributed by atoms with E-state index in [2.05, 4.69) is 10.6 Å². The van der Waals surface area contributed by atoms with E-state index in [0.29, 0.717) is 22.2 Å². The largest absolute Gasteiger partial charge is 0.494 e. The van der Waals surface area contributed by atoms with Crippen molar-refractivity contribution in [2.24, 2.45) is 0 Å². The maximum atomic E-state index is 11.6. The molecule has 1 amide bonds. The molecular weight excluding hydrogens is 304 g/mol. The summed E-state index contributed by atoms with van der Waals surface area (Å²) in [6.45, 7) is 5.53. The number of nitrogens with one attached hydrogen (secondary N) is 2. The minimum absolute atomic E-state index is 0.144. The minimum atomic E-state index is -0.551. The van der Waals surface area contributed by atoms with Crippen LogP contribution in [0.4, 0.5) is 10.5 Å². The van der Waals surface area contributed by atoms with Crippen LogP contribution in [0.3, 0.4) is 0 Å². The number of carbonyl (C=O) groups is 1. The topological polar surface area (TPSA) is 68.8 Å². The highest BCUT2D eigenvalue weighted by Crippen LogP contribution is 2.34. The monoisotopic (exact) mass is 326 g/mol. The van der Waals surface area contributed by atoms with E-state index in [1.807, 2.05) is 6.07 Å². The van der Waals surface area contributed by atoms with Crippen LogP contribution < -0.4 is 20.1 Å². The van der Waals surface area contributed by atoms with E-state index in [4.69, 9.17) is 26.4 Å². The van der Waals surface area contributed by atoms with Gasteiger partial charge in [0.2, 0.25) is 0 Å². The molecule has 1 aromatic rings. The number of thiocarbonyl (C=S) groups is 1. The van der Waals surface area contributed by atoms with Crippen molar-refractivity contribution in [3.8, 4) is 11.5 Å². The number of hydrogen-bond donors (Lipinski definition) is 2. The average molecular weight is 326 g/mol.